The van der Waals surface area contributed by atoms with E-state index in [2.05, 4.69) is 39.8 Å². The van der Waals surface area contributed by atoms with E-state index in [0.717, 1.165) is 26.1 Å². The van der Waals surface area contributed by atoms with E-state index in [-0.39, 0.29) is 36.6 Å². The van der Waals surface area contributed by atoms with Crippen LogP contribution >= 0.6 is 24.8 Å². The van der Waals surface area contributed by atoms with Crippen LogP contribution in [0.4, 0.5) is 0 Å². The number of halogens is 2. The minimum Gasteiger partial charge on any atom is -0.352 e. The minimum absolute atomic E-state index is 0. The van der Waals surface area contributed by atoms with E-state index in [1.165, 1.54) is 37.1 Å². The van der Waals surface area contributed by atoms with Crippen LogP contribution < -0.4 is 10.6 Å². The van der Waals surface area contributed by atoms with Crippen LogP contribution in [-0.2, 0) is 17.9 Å². The van der Waals surface area contributed by atoms with Gasteiger partial charge in [0.1, 0.15) is 0 Å². The molecule has 1 atom stereocenters. The SMILES string of the molecule is Cl.Cl.O=C(NCc1ccccc1CN1CCCC1)C1CCNC1. The lowest BCUT2D eigenvalue weighted by molar-refractivity contribution is -0.124. The molecule has 1 aromatic rings. The first-order chi connectivity index (χ1) is 10.3. The molecule has 3 rings (SSSR count). The van der Waals surface area contributed by atoms with Gasteiger partial charge in [0, 0.05) is 19.6 Å². The van der Waals surface area contributed by atoms with Gasteiger partial charge in [-0.25, -0.2) is 0 Å². The standard InChI is InChI=1S/C17H25N3O.2ClH/c21-17(15-7-8-18-11-15)19-12-14-5-1-2-6-16(14)13-20-9-3-4-10-20;;/h1-2,5-6,15,18H,3-4,7-13H2,(H,19,21);2*1H. The highest BCUT2D eigenvalue weighted by Gasteiger charge is 2.22. The molecule has 0 bridgehead atoms. The van der Waals surface area contributed by atoms with Gasteiger partial charge >= 0.3 is 0 Å². The predicted octanol–water partition coefficient (Wildman–Crippen LogP) is 2.35. The molecule has 2 heterocycles. The molecular formula is C17H27Cl2N3O. The number of rotatable bonds is 5. The van der Waals surface area contributed by atoms with E-state index in [4.69, 9.17) is 0 Å². The highest BCUT2D eigenvalue weighted by molar-refractivity contribution is 5.85. The highest BCUT2D eigenvalue weighted by atomic mass is 35.5. The van der Waals surface area contributed by atoms with E-state index < -0.39 is 0 Å². The zero-order chi connectivity index (χ0) is 14.5. The van der Waals surface area contributed by atoms with Crippen LogP contribution in [0.2, 0.25) is 0 Å². The van der Waals surface area contributed by atoms with Crippen LogP contribution in [0.25, 0.3) is 0 Å². The molecule has 0 aromatic heterocycles. The normalized spacial score (nSPS) is 20.6. The second kappa shape index (κ2) is 10.1. The molecule has 6 heteroatoms. The Labute approximate surface area is 151 Å². The van der Waals surface area contributed by atoms with Crippen LogP contribution in [0, 0.1) is 5.92 Å². The maximum absolute atomic E-state index is 12.1. The third kappa shape index (κ3) is 5.64. The maximum atomic E-state index is 12.1. The van der Waals surface area contributed by atoms with Crippen LogP contribution in [0.3, 0.4) is 0 Å². The lowest BCUT2D eigenvalue weighted by Crippen LogP contribution is -2.32. The van der Waals surface area contributed by atoms with E-state index in [1.54, 1.807) is 0 Å². The van der Waals surface area contributed by atoms with Crippen LogP contribution in [0.5, 0.6) is 0 Å². The number of likely N-dealkylation sites (tertiary alicyclic amines) is 1. The fraction of sp³-hybridized carbons (Fsp3) is 0.588. The molecule has 1 unspecified atom stereocenters. The Bertz CT molecular complexity index is 486. The molecule has 130 valence electrons. The molecular weight excluding hydrogens is 333 g/mol. The Morgan fingerprint density at radius 1 is 1.17 bits per heavy atom. The summed E-state index contributed by atoms with van der Waals surface area (Å²) in [5.74, 6) is 0.340. The van der Waals surface area contributed by atoms with Crippen molar-refractivity contribution in [3.05, 3.63) is 35.4 Å². The predicted molar refractivity (Wildman–Crippen MR) is 98.3 cm³/mol. The summed E-state index contributed by atoms with van der Waals surface area (Å²) < 4.78 is 0. The van der Waals surface area contributed by atoms with Gasteiger partial charge in [-0.05, 0) is 50.0 Å². The van der Waals surface area contributed by atoms with Gasteiger partial charge in [-0.3, -0.25) is 9.69 Å². The Morgan fingerprint density at radius 2 is 1.87 bits per heavy atom. The summed E-state index contributed by atoms with van der Waals surface area (Å²) in [6.45, 7) is 5.85. The molecule has 23 heavy (non-hydrogen) atoms. The van der Waals surface area contributed by atoms with Gasteiger partial charge in [-0.1, -0.05) is 24.3 Å². The number of amides is 1. The van der Waals surface area contributed by atoms with Crippen LogP contribution in [0.15, 0.2) is 24.3 Å². The summed E-state index contributed by atoms with van der Waals surface area (Å²) in [6.07, 6.45) is 3.59. The molecule has 2 aliphatic rings. The smallest absolute Gasteiger partial charge is 0.224 e. The molecule has 0 aliphatic carbocycles. The molecule has 2 N–H and O–H groups in total. The first-order valence-electron chi connectivity index (χ1n) is 8.10. The number of nitrogens with one attached hydrogen (secondary N) is 2. The van der Waals surface area contributed by atoms with Gasteiger partial charge in [0.25, 0.3) is 0 Å². The molecule has 1 aromatic carbocycles. The largest absolute Gasteiger partial charge is 0.352 e. The topological polar surface area (TPSA) is 44.4 Å². The van der Waals surface area contributed by atoms with Crippen LogP contribution in [0.1, 0.15) is 30.4 Å². The molecule has 0 radical (unpaired) electrons. The number of benzene rings is 1. The van der Waals surface area contributed by atoms with Crippen LogP contribution in [-0.4, -0.2) is 37.0 Å². The van der Waals surface area contributed by atoms with Crippen molar-refractivity contribution >= 4 is 30.7 Å². The van der Waals surface area contributed by atoms with Crippen molar-refractivity contribution in [3.8, 4) is 0 Å². The zero-order valence-electron chi connectivity index (χ0n) is 13.4. The lowest BCUT2D eigenvalue weighted by Gasteiger charge is -2.18. The lowest BCUT2D eigenvalue weighted by atomic mass is 10.1. The van der Waals surface area contributed by atoms with Gasteiger partial charge in [-0.2, -0.15) is 0 Å². The fourth-order valence-corrected chi connectivity index (χ4v) is 3.27. The third-order valence-electron chi connectivity index (χ3n) is 4.60. The van der Waals surface area contributed by atoms with Gasteiger partial charge in [-0.15, -0.1) is 24.8 Å². The van der Waals surface area contributed by atoms with Crippen molar-refractivity contribution in [2.24, 2.45) is 5.92 Å². The Hall–Kier alpha value is -0.810. The molecule has 0 saturated carbocycles. The number of carbonyl (C=O) groups excluding carboxylic acids is 1. The summed E-state index contributed by atoms with van der Waals surface area (Å²) in [5, 5.41) is 6.35. The maximum Gasteiger partial charge on any atom is 0.224 e. The van der Waals surface area contributed by atoms with Crippen molar-refractivity contribution < 1.29 is 4.79 Å². The second-order valence-electron chi connectivity index (χ2n) is 6.16. The van der Waals surface area contributed by atoms with Gasteiger partial charge in [0.2, 0.25) is 5.91 Å². The molecule has 2 aliphatic heterocycles. The summed E-state index contributed by atoms with van der Waals surface area (Å²) in [6, 6.07) is 8.49. The summed E-state index contributed by atoms with van der Waals surface area (Å²) in [7, 11) is 0. The number of hydrogen-bond donors (Lipinski definition) is 2. The monoisotopic (exact) mass is 359 g/mol. The first-order valence-corrected chi connectivity index (χ1v) is 8.10. The zero-order valence-corrected chi connectivity index (χ0v) is 15.1. The summed E-state index contributed by atoms with van der Waals surface area (Å²) in [5.41, 5.74) is 2.60. The fourth-order valence-electron chi connectivity index (χ4n) is 3.27. The van der Waals surface area contributed by atoms with Crippen molar-refractivity contribution in [3.63, 3.8) is 0 Å². The van der Waals surface area contributed by atoms with Gasteiger partial charge < -0.3 is 10.6 Å². The van der Waals surface area contributed by atoms with Gasteiger partial charge in [0.05, 0.1) is 5.92 Å². The number of nitrogens with zero attached hydrogens (tertiary/aromatic N) is 1. The Balaban J connectivity index is 0.00000132. The summed E-state index contributed by atoms with van der Waals surface area (Å²) >= 11 is 0. The van der Waals surface area contributed by atoms with Gasteiger partial charge in [0.15, 0.2) is 0 Å². The van der Waals surface area contributed by atoms with E-state index in [0.29, 0.717) is 6.54 Å². The molecule has 2 fully saturated rings. The number of hydrogen-bond acceptors (Lipinski definition) is 3. The van der Waals surface area contributed by atoms with Crippen molar-refractivity contribution in [1.82, 2.24) is 15.5 Å². The quantitative estimate of drug-likeness (QED) is 0.847. The summed E-state index contributed by atoms with van der Waals surface area (Å²) in [4.78, 5) is 14.6. The molecule has 2 saturated heterocycles. The Morgan fingerprint density at radius 3 is 2.52 bits per heavy atom. The third-order valence-corrected chi connectivity index (χ3v) is 4.60. The van der Waals surface area contributed by atoms with E-state index in [9.17, 15) is 4.79 Å². The van der Waals surface area contributed by atoms with Crippen molar-refractivity contribution in [1.29, 1.82) is 0 Å². The minimum atomic E-state index is 0. The second-order valence-corrected chi connectivity index (χ2v) is 6.16. The molecule has 1 amide bonds. The first kappa shape index (κ1) is 20.2. The average molecular weight is 360 g/mol. The molecule has 4 nitrogen and oxygen atoms in total. The van der Waals surface area contributed by atoms with E-state index in [1.807, 2.05) is 0 Å². The average Bonchev–Trinajstić information content (AvgIpc) is 3.19. The van der Waals surface area contributed by atoms with E-state index >= 15 is 0 Å². The molecule has 0 spiro atoms. The van der Waals surface area contributed by atoms with Crippen molar-refractivity contribution in [2.45, 2.75) is 32.4 Å². The Kier molecular flexibility index (Phi) is 8.92. The van der Waals surface area contributed by atoms with Crippen molar-refractivity contribution in [2.75, 3.05) is 26.2 Å². The number of carbonyl (C=O) groups is 1. The highest BCUT2D eigenvalue weighted by Crippen LogP contribution is 2.16.